The lowest BCUT2D eigenvalue weighted by Gasteiger charge is -1.96. The molecule has 1 N–H and O–H groups in total. The Morgan fingerprint density at radius 3 is 2.73 bits per heavy atom. The summed E-state index contributed by atoms with van der Waals surface area (Å²) in [6.45, 7) is -0.417. The van der Waals surface area contributed by atoms with Gasteiger partial charge in [-0.1, -0.05) is 17.3 Å². The zero-order valence-electron chi connectivity index (χ0n) is 8.21. The molecule has 0 atom stereocenters. The zero-order chi connectivity index (χ0) is 11.1. The topological polar surface area (TPSA) is 58.9 Å². The van der Waals surface area contributed by atoms with Crippen molar-refractivity contribution >= 4 is 23.9 Å². The molecule has 0 aliphatic heterocycles. The molecule has 0 amide bonds. The van der Waals surface area contributed by atoms with Crippen LogP contribution in [0.25, 0.3) is 0 Å². The number of carbonyl (C=O) groups is 1. The van der Waals surface area contributed by atoms with E-state index >= 15 is 0 Å². The Morgan fingerprint density at radius 2 is 2.20 bits per heavy atom. The number of aliphatic carboxylic acids is 1. The minimum atomic E-state index is -1.04. The summed E-state index contributed by atoms with van der Waals surface area (Å²) in [6, 6.07) is 7.70. The average molecular weight is 225 g/mol. The number of carboxylic acids is 1. The molecule has 15 heavy (non-hydrogen) atoms. The predicted molar refractivity (Wildman–Crippen MR) is 59.4 cm³/mol. The van der Waals surface area contributed by atoms with Crippen molar-refractivity contribution in [2.45, 2.75) is 4.90 Å². The number of hydrogen-bond donors (Lipinski definition) is 1. The van der Waals surface area contributed by atoms with E-state index in [4.69, 9.17) is 5.11 Å². The van der Waals surface area contributed by atoms with Crippen molar-refractivity contribution < 1.29 is 14.7 Å². The van der Waals surface area contributed by atoms with Gasteiger partial charge in [0.25, 0.3) is 0 Å². The smallest absolute Gasteiger partial charge is 0.344 e. The maximum absolute atomic E-state index is 10.1. The van der Waals surface area contributed by atoms with Gasteiger partial charge in [0.05, 0.1) is 6.21 Å². The van der Waals surface area contributed by atoms with E-state index in [0.29, 0.717) is 0 Å². The van der Waals surface area contributed by atoms with E-state index in [1.807, 2.05) is 30.5 Å². The fourth-order valence-electron chi connectivity index (χ4n) is 0.881. The van der Waals surface area contributed by atoms with Crippen molar-refractivity contribution in [1.82, 2.24) is 0 Å². The highest BCUT2D eigenvalue weighted by Gasteiger charge is 1.94. The largest absolute Gasteiger partial charge is 0.479 e. The highest BCUT2D eigenvalue weighted by Crippen LogP contribution is 2.13. The highest BCUT2D eigenvalue weighted by molar-refractivity contribution is 7.98. The molecule has 1 aromatic carbocycles. The first-order chi connectivity index (χ1) is 7.22. The molecule has 0 heterocycles. The Labute approximate surface area is 91.9 Å². The Balaban J connectivity index is 2.46. The molecular weight excluding hydrogens is 214 g/mol. The van der Waals surface area contributed by atoms with Gasteiger partial charge < -0.3 is 9.94 Å². The zero-order valence-corrected chi connectivity index (χ0v) is 9.03. The molecule has 5 heteroatoms. The second-order valence-corrected chi connectivity index (χ2v) is 3.55. The number of oxime groups is 1. The molecule has 4 nitrogen and oxygen atoms in total. The van der Waals surface area contributed by atoms with Gasteiger partial charge in [-0.05, 0) is 24.0 Å². The number of nitrogens with zero attached hydrogens (tertiary/aromatic N) is 1. The molecule has 0 saturated carbocycles. The molecule has 0 fully saturated rings. The third-order valence-electron chi connectivity index (χ3n) is 1.58. The summed E-state index contributed by atoms with van der Waals surface area (Å²) in [5.41, 5.74) is 0.873. The maximum atomic E-state index is 10.1. The molecule has 0 radical (unpaired) electrons. The molecule has 0 spiro atoms. The monoisotopic (exact) mass is 225 g/mol. The summed E-state index contributed by atoms with van der Waals surface area (Å²) >= 11 is 1.66. The van der Waals surface area contributed by atoms with Crippen LogP contribution in [-0.4, -0.2) is 30.2 Å². The number of benzene rings is 1. The number of hydrogen-bond acceptors (Lipinski definition) is 4. The molecule has 80 valence electrons. The summed E-state index contributed by atoms with van der Waals surface area (Å²) in [7, 11) is 0. The van der Waals surface area contributed by atoms with Crippen molar-refractivity contribution in [2.75, 3.05) is 12.9 Å². The van der Waals surface area contributed by atoms with Crippen LogP contribution in [0.1, 0.15) is 5.56 Å². The van der Waals surface area contributed by atoms with Gasteiger partial charge in [-0.2, -0.15) is 0 Å². The first kappa shape index (κ1) is 11.6. The fraction of sp³-hybridized carbons (Fsp3) is 0.200. The number of rotatable bonds is 5. The maximum Gasteiger partial charge on any atom is 0.344 e. The minimum absolute atomic E-state index is 0.417. The van der Waals surface area contributed by atoms with Crippen LogP contribution in [0.15, 0.2) is 34.3 Å². The first-order valence-corrected chi connectivity index (χ1v) is 5.46. The second-order valence-electron chi connectivity index (χ2n) is 2.67. The van der Waals surface area contributed by atoms with Crippen molar-refractivity contribution in [2.24, 2.45) is 5.16 Å². The van der Waals surface area contributed by atoms with Crippen LogP contribution in [0, 0.1) is 0 Å². The van der Waals surface area contributed by atoms with Crippen LogP contribution in [-0.2, 0) is 9.63 Å². The van der Waals surface area contributed by atoms with Gasteiger partial charge in [0.2, 0.25) is 6.61 Å². The van der Waals surface area contributed by atoms with Crippen molar-refractivity contribution in [3.63, 3.8) is 0 Å². The fourth-order valence-corrected chi connectivity index (χ4v) is 1.29. The molecule has 0 aliphatic carbocycles. The van der Waals surface area contributed by atoms with E-state index in [9.17, 15) is 4.79 Å². The predicted octanol–water partition coefficient (Wildman–Crippen LogP) is 1.84. The average Bonchev–Trinajstić information content (AvgIpc) is 2.25. The molecule has 0 aliphatic rings. The quantitative estimate of drug-likeness (QED) is 0.472. The summed E-state index contributed by atoms with van der Waals surface area (Å²) in [5.74, 6) is -1.04. The van der Waals surface area contributed by atoms with Crippen molar-refractivity contribution in [3.05, 3.63) is 29.8 Å². The number of carboxylic acid groups (broad SMARTS) is 1. The van der Waals surface area contributed by atoms with Gasteiger partial charge in [0.15, 0.2) is 0 Å². The Morgan fingerprint density at radius 1 is 1.53 bits per heavy atom. The summed E-state index contributed by atoms with van der Waals surface area (Å²) in [5, 5.41) is 11.8. The third-order valence-corrected chi connectivity index (χ3v) is 2.32. The van der Waals surface area contributed by atoms with Crippen molar-refractivity contribution in [3.8, 4) is 0 Å². The SMILES string of the molecule is CSc1ccc(C=NOCC(=O)O)cc1. The first-order valence-electron chi connectivity index (χ1n) is 4.23. The molecule has 0 bridgehead atoms. The lowest BCUT2D eigenvalue weighted by atomic mass is 10.2. The Kier molecular flexibility index (Phi) is 4.70. The Hall–Kier alpha value is -1.49. The van der Waals surface area contributed by atoms with E-state index in [-0.39, 0.29) is 0 Å². The van der Waals surface area contributed by atoms with Gasteiger partial charge in [0, 0.05) is 4.90 Å². The molecule has 1 rings (SSSR count). The van der Waals surface area contributed by atoms with Gasteiger partial charge in [-0.15, -0.1) is 11.8 Å². The van der Waals surface area contributed by atoms with Crippen LogP contribution < -0.4 is 0 Å². The summed E-state index contributed by atoms with van der Waals surface area (Å²) < 4.78 is 0. The standard InChI is InChI=1S/C10H11NO3S/c1-15-9-4-2-8(3-5-9)6-11-14-7-10(12)13/h2-6H,7H2,1H3,(H,12,13). The van der Waals surface area contributed by atoms with Crippen LogP contribution in [0.2, 0.25) is 0 Å². The molecule has 0 unspecified atom stereocenters. The minimum Gasteiger partial charge on any atom is -0.479 e. The van der Waals surface area contributed by atoms with Crippen LogP contribution in [0.5, 0.6) is 0 Å². The summed E-state index contributed by atoms with van der Waals surface area (Å²) in [4.78, 5) is 15.8. The lowest BCUT2D eigenvalue weighted by molar-refractivity contribution is -0.142. The van der Waals surface area contributed by atoms with E-state index in [2.05, 4.69) is 9.99 Å². The molecule has 0 aromatic heterocycles. The van der Waals surface area contributed by atoms with Gasteiger partial charge >= 0.3 is 5.97 Å². The van der Waals surface area contributed by atoms with E-state index in [0.717, 1.165) is 5.56 Å². The number of thioether (sulfide) groups is 1. The van der Waals surface area contributed by atoms with Gasteiger partial charge in [-0.3, -0.25) is 0 Å². The van der Waals surface area contributed by atoms with E-state index in [1.54, 1.807) is 11.8 Å². The lowest BCUT2D eigenvalue weighted by Crippen LogP contribution is -2.03. The van der Waals surface area contributed by atoms with Gasteiger partial charge in [0.1, 0.15) is 0 Å². The highest BCUT2D eigenvalue weighted by atomic mass is 32.2. The third kappa shape index (κ3) is 4.51. The second kappa shape index (κ2) is 6.08. The van der Waals surface area contributed by atoms with Crippen LogP contribution in [0.3, 0.4) is 0 Å². The summed E-state index contributed by atoms with van der Waals surface area (Å²) in [6.07, 6.45) is 3.48. The molecular formula is C10H11NO3S. The molecule has 0 saturated heterocycles. The van der Waals surface area contributed by atoms with E-state index in [1.165, 1.54) is 11.1 Å². The molecule has 1 aromatic rings. The Bertz CT molecular complexity index is 348. The normalized spacial score (nSPS) is 10.5. The van der Waals surface area contributed by atoms with Crippen LogP contribution in [0.4, 0.5) is 0 Å². The van der Waals surface area contributed by atoms with Crippen LogP contribution >= 0.6 is 11.8 Å². The van der Waals surface area contributed by atoms with E-state index < -0.39 is 12.6 Å². The van der Waals surface area contributed by atoms with Gasteiger partial charge in [-0.25, -0.2) is 4.79 Å². The van der Waals surface area contributed by atoms with Crippen molar-refractivity contribution in [1.29, 1.82) is 0 Å².